The second-order valence-electron chi connectivity index (χ2n) is 9.39. The first-order valence-corrected chi connectivity index (χ1v) is 11.9. The Balaban J connectivity index is 1.69. The van der Waals surface area contributed by atoms with Crippen molar-refractivity contribution in [2.45, 2.75) is 50.7 Å². The van der Waals surface area contributed by atoms with Crippen molar-refractivity contribution in [2.75, 3.05) is 20.2 Å². The summed E-state index contributed by atoms with van der Waals surface area (Å²) in [6.45, 7) is 2.99. The highest BCUT2D eigenvalue weighted by atomic mass is 35.5. The number of nitrogens with zero attached hydrogens (tertiary/aromatic N) is 2. The quantitative estimate of drug-likeness (QED) is 0.743. The Bertz CT molecular complexity index is 1090. The van der Waals surface area contributed by atoms with Gasteiger partial charge in [0.05, 0.1) is 12.6 Å². The highest BCUT2D eigenvalue weighted by Crippen LogP contribution is 2.61. The van der Waals surface area contributed by atoms with E-state index in [4.69, 9.17) is 27.1 Å². The third-order valence-electron chi connectivity index (χ3n) is 7.90. The highest BCUT2D eigenvalue weighted by Gasteiger charge is 2.64. The normalized spacial score (nSPS) is 29.5. The fourth-order valence-electron chi connectivity index (χ4n) is 6.18. The zero-order valence-corrected chi connectivity index (χ0v) is 19.5. The molecule has 0 radical (unpaired) electrons. The predicted octanol–water partition coefficient (Wildman–Crippen LogP) is 4.55. The van der Waals surface area contributed by atoms with Gasteiger partial charge in [-0.15, -0.1) is 0 Å². The summed E-state index contributed by atoms with van der Waals surface area (Å²) in [7, 11) is 1.78. The van der Waals surface area contributed by atoms with Crippen LogP contribution in [0.1, 0.15) is 43.7 Å². The molecule has 2 aliphatic carbocycles. The molecular formula is C26H30ClN3O2. The second kappa shape index (κ2) is 7.89. The summed E-state index contributed by atoms with van der Waals surface area (Å²) in [5, 5.41) is 0.696. The third-order valence-corrected chi connectivity index (χ3v) is 8.14. The van der Waals surface area contributed by atoms with Gasteiger partial charge in [-0.2, -0.15) is 0 Å². The molecule has 2 aromatic carbocycles. The van der Waals surface area contributed by atoms with Gasteiger partial charge >= 0.3 is 0 Å². The van der Waals surface area contributed by atoms with Crippen molar-refractivity contribution in [1.82, 2.24) is 4.90 Å². The third kappa shape index (κ3) is 3.09. The zero-order valence-electron chi connectivity index (χ0n) is 18.7. The van der Waals surface area contributed by atoms with Crippen LogP contribution in [0.15, 0.2) is 47.5 Å². The summed E-state index contributed by atoms with van der Waals surface area (Å²) >= 11 is 6.26. The molecule has 1 fully saturated rings. The Morgan fingerprint density at radius 2 is 1.94 bits per heavy atom. The van der Waals surface area contributed by atoms with Crippen LogP contribution in [0.2, 0.25) is 5.02 Å². The number of halogens is 1. The number of ketones is 1. The molecule has 2 N–H and O–H groups in total. The van der Waals surface area contributed by atoms with E-state index in [0.29, 0.717) is 24.1 Å². The number of hydrogen-bond acceptors (Lipinski definition) is 5. The van der Waals surface area contributed by atoms with Gasteiger partial charge in [0, 0.05) is 24.1 Å². The number of hydrogen-bond donors (Lipinski definition) is 1. The van der Waals surface area contributed by atoms with E-state index in [9.17, 15) is 4.79 Å². The summed E-state index contributed by atoms with van der Waals surface area (Å²) < 4.78 is 5.65. The summed E-state index contributed by atoms with van der Waals surface area (Å²) in [4.78, 5) is 20.9. The SMILES string of the molecule is CCN1CC(=O)C2(N=C1N)c1cc(-c3cccc(Cl)c3)ccc1CC21CCC(OC)CC1. The van der Waals surface area contributed by atoms with Gasteiger partial charge in [0.2, 0.25) is 0 Å². The van der Waals surface area contributed by atoms with Crippen LogP contribution in [0.25, 0.3) is 11.1 Å². The monoisotopic (exact) mass is 451 g/mol. The second-order valence-corrected chi connectivity index (χ2v) is 9.83. The number of aliphatic imine (C=N–C) groups is 1. The van der Waals surface area contributed by atoms with Crippen molar-refractivity contribution in [1.29, 1.82) is 0 Å². The number of methoxy groups -OCH3 is 1. The fraction of sp³-hybridized carbons (Fsp3) is 0.462. The van der Waals surface area contributed by atoms with Gasteiger partial charge in [-0.3, -0.25) is 4.79 Å². The van der Waals surface area contributed by atoms with E-state index < -0.39 is 5.54 Å². The van der Waals surface area contributed by atoms with E-state index in [0.717, 1.165) is 48.8 Å². The Morgan fingerprint density at radius 3 is 2.62 bits per heavy atom. The van der Waals surface area contributed by atoms with Crippen molar-refractivity contribution < 1.29 is 9.53 Å². The molecular weight excluding hydrogens is 422 g/mol. The van der Waals surface area contributed by atoms with E-state index in [1.165, 1.54) is 5.56 Å². The molecule has 2 spiro atoms. The number of carbonyl (C=O) groups excluding carboxylic acids is 1. The van der Waals surface area contributed by atoms with Gasteiger partial charge in [-0.05, 0) is 79.5 Å². The van der Waals surface area contributed by atoms with Gasteiger partial charge < -0.3 is 15.4 Å². The van der Waals surface area contributed by atoms with Crippen LogP contribution in [0.5, 0.6) is 0 Å². The van der Waals surface area contributed by atoms with E-state index >= 15 is 0 Å². The summed E-state index contributed by atoms with van der Waals surface area (Å²) in [5.41, 5.74) is 9.60. The molecule has 1 aliphatic heterocycles. The molecule has 1 unspecified atom stereocenters. The van der Waals surface area contributed by atoms with Crippen LogP contribution in [0.3, 0.4) is 0 Å². The Kier molecular flexibility index (Phi) is 5.30. The number of Topliss-reactive ketones (excluding diaryl/α,β-unsaturated/α-hetero) is 1. The molecule has 32 heavy (non-hydrogen) atoms. The Hall–Kier alpha value is -2.37. The summed E-state index contributed by atoms with van der Waals surface area (Å²) in [6.07, 6.45) is 4.78. The van der Waals surface area contributed by atoms with Crippen LogP contribution in [0.4, 0.5) is 0 Å². The van der Waals surface area contributed by atoms with Crippen LogP contribution >= 0.6 is 11.6 Å². The minimum absolute atomic E-state index is 0.159. The molecule has 0 aromatic heterocycles. The van der Waals surface area contributed by atoms with Gasteiger partial charge in [-0.25, -0.2) is 4.99 Å². The van der Waals surface area contributed by atoms with Gasteiger partial charge in [-0.1, -0.05) is 35.9 Å². The van der Waals surface area contributed by atoms with Crippen LogP contribution < -0.4 is 5.73 Å². The molecule has 1 atom stereocenters. The maximum absolute atomic E-state index is 14.0. The maximum atomic E-state index is 14.0. The number of fused-ring (bicyclic) bond motifs is 3. The van der Waals surface area contributed by atoms with Gasteiger partial charge in [0.25, 0.3) is 0 Å². The molecule has 1 saturated carbocycles. The number of likely N-dealkylation sites (N-methyl/N-ethyl adjacent to an activating group) is 1. The molecule has 0 amide bonds. The molecule has 6 heteroatoms. The zero-order chi connectivity index (χ0) is 22.5. The van der Waals surface area contributed by atoms with Crippen molar-refractivity contribution in [3.8, 4) is 11.1 Å². The lowest BCUT2D eigenvalue weighted by Gasteiger charge is -2.49. The van der Waals surface area contributed by atoms with Gasteiger partial charge in [0.1, 0.15) is 0 Å². The smallest absolute Gasteiger partial charge is 0.193 e. The first kappa shape index (κ1) is 21.5. The van der Waals surface area contributed by atoms with Crippen LogP contribution in [-0.2, 0) is 21.5 Å². The first-order chi connectivity index (χ1) is 15.4. The average molecular weight is 452 g/mol. The minimum Gasteiger partial charge on any atom is -0.381 e. The fourth-order valence-corrected chi connectivity index (χ4v) is 6.37. The lowest BCUT2D eigenvalue weighted by atomic mass is 9.59. The number of ether oxygens (including phenoxy) is 1. The molecule has 5 nitrogen and oxygen atoms in total. The number of guanidine groups is 1. The van der Waals surface area contributed by atoms with Crippen molar-refractivity contribution in [2.24, 2.45) is 16.1 Å². The first-order valence-electron chi connectivity index (χ1n) is 11.5. The van der Waals surface area contributed by atoms with E-state index in [2.05, 4.69) is 18.2 Å². The molecule has 0 saturated heterocycles. The largest absolute Gasteiger partial charge is 0.381 e. The molecule has 2 aromatic rings. The maximum Gasteiger partial charge on any atom is 0.193 e. The van der Waals surface area contributed by atoms with E-state index in [1.807, 2.05) is 36.1 Å². The molecule has 168 valence electrons. The summed E-state index contributed by atoms with van der Waals surface area (Å²) in [6, 6.07) is 14.3. The Labute approximate surface area is 194 Å². The topological polar surface area (TPSA) is 67.9 Å². The Morgan fingerprint density at radius 1 is 1.19 bits per heavy atom. The molecule has 0 bridgehead atoms. The van der Waals surface area contributed by atoms with Crippen LogP contribution in [0, 0.1) is 5.41 Å². The lowest BCUT2D eigenvalue weighted by molar-refractivity contribution is -0.133. The van der Waals surface area contributed by atoms with E-state index in [-0.39, 0.29) is 17.3 Å². The molecule has 5 rings (SSSR count). The van der Waals surface area contributed by atoms with Gasteiger partial charge in [0.15, 0.2) is 17.3 Å². The molecule has 1 heterocycles. The van der Waals surface area contributed by atoms with E-state index in [1.54, 1.807) is 7.11 Å². The minimum atomic E-state index is -0.925. The lowest BCUT2D eigenvalue weighted by Crippen LogP contribution is -2.59. The highest BCUT2D eigenvalue weighted by molar-refractivity contribution is 6.30. The summed E-state index contributed by atoms with van der Waals surface area (Å²) in [5.74, 6) is 0.632. The van der Waals surface area contributed by atoms with Crippen molar-refractivity contribution in [3.63, 3.8) is 0 Å². The standard InChI is InChI=1S/C26H30ClN3O2/c1-3-30-16-23(31)26(29-24(30)28)22-14-18(17-5-4-6-20(27)13-17)7-8-19(22)15-25(26)11-9-21(32-2)10-12-25/h4-8,13-14,21H,3,9-12,15-16H2,1-2H3,(H2,28,29). The van der Waals surface area contributed by atoms with Crippen molar-refractivity contribution >= 4 is 23.3 Å². The number of nitrogens with two attached hydrogens (primary N) is 1. The number of benzene rings is 2. The van der Waals surface area contributed by atoms with Crippen molar-refractivity contribution in [3.05, 3.63) is 58.6 Å². The number of rotatable bonds is 3. The average Bonchev–Trinajstić information content (AvgIpc) is 3.05. The predicted molar refractivity (Wildman–Crippen MR) is 128 cm³/mol. The molecule has 3 aliphatic rings. The number of carbonyl (C=O) groups is 1. The van der Waals surface area contributed by atoms with Crippen LogP contribution in [-0.4, -0.2) is 42.9 Å².